The number of carbonyl (C=O) groups excluding carboxylic acids is 2. The molecule has 1 unspecified atom stereocenters. The van der Waals surface area contributed by atoms with Crippen LogP contribution in [0.4, 0.5) is 0 Å². The minimum Gasteiger partial charge on any atom is -0.464 e. The van der Waals surface area contributed by atoms with E-state index in [4.69, 9.17) is 4.74 Å². The van der Waals surface area contributed by atoms with Crippen molar-refractivity contribution in [3.05, 3.63) is 59.1 Å². The second-order valence-corrected chi connectivity index (χ2v) is 6.19. The fourth-order valence-corrected chi connectivity index (χ4v) is 2.34. The largest absolute Gasteiger partial charge is 0.464 e. The highest BCUT2D eigenvalue weighted by Crippen LogP contribution is 2.31. The lowest BCUT2D eigenvalue weighted by atomic mass is 9.81. The number of fused-ring (bicyclic) bond motifs is 1. The van der Waals surface area contributed by atoms with E-state index in [1.165, 1.54) is 19.3 Å². The standard InChI is InChI=1S/C19H22O4/c1-5-12(2)8-13(3)6-7-15-9-14-10-17(20)19(4,22)18(21)16(14)11-23-15/h6-12,22H,5H2,1-4H3/b7-6+,13-8+/t12-,19?/m0/s1. The molecule has 2 aliphatic rings. The van der Waals surface area contributed by atoms with Gasteiger partial charge in [-0.1, -0.05) is 38.0 Å². The van der Waals surface area contributed by atoms with Gasteiger partial charge in [0.25, 0.3) is 0 Å². The third-order valence-corrected chi connectivity index (χ3v) is 4.08. The summed E-state index contributed by atoms with van der Waals surface area (Å²) >= 11 is 0. The van der Waals surface area contributed by atoms with Crippen molar-refractivity contribution in [2.24, 2.45) is 5.92 Å². The Kier molecular flexibility index (Phi) is 4.85. The first-order valence-electron chi connectivity index (χ1n) is 7.74. The molecule has 0 radical (unpaired) electrons. The third-order valence-electron chi connectivity index (χ3n) is 4.08. The molecule has 0 spiro atoms. The monoisotopic (exact) mass is 314 g/mol. The molecule has 4 nitrogen and oxygen atoms in total. The second-order valence-electron chi connectivity index (χ2n) is 6.19. The first kappa shape index (κ1) is 17.2. The number of allylic oxidation sites excluding steroid dienone is 6. The summed E-state index contributed by atoms with van der Waals surface area (Å²) in [7, 11) is 0. The summed E-state index contributed by atoms with van der Waals surface area (Å²) < 4.78 is 5.43. The van der Waals surface area contributed by atoms with E-state index in [0.29, 0.717) is 17.3 Å². The van der Waals surface area contributed by atoms with Crippen LogP contribution in [-0.2, 0) is 14.3 Å². The number of hydrogen-bond acceptors (Lipinski definition) is 4. The molecular weight excluding hydrogens is 292 g/mol. The quantitative estimate of drug-likeness (QED) is 0.639. The number of Topliss-reactive ketones (excluding diaryl/α,β-unsaturated/α-hetero) is 1. The van der Waals surface area contributed by atoms with Gasteiger partial charge in [0.15, 0.2) is 11.4 Å². The van der Waals surface area contributed by atoms with Gasteiger partial charge in [0.2, 0.25) is 5.78 Å². The number of carbonyl (C=O) groups is 2. The molecule has 0 aromatic heterocycles. The molecule has 23 heavy (non-hydrogen) atoms. The fourth-order valence-electron chi connectivity index (χ4n) is 2.34. The van der Waals surface area contributed by atoms with Crippen LogP contribution < -0.4 is 0 Å². The highest BCUT2D eigenvalue weighted by Gasteiger charge is 2.44. The molecule has 122 valence electrons. The van der Waals surface area contributed by atoms with Gasteiger partial charge < -0.3 is 9.84 Å². The van der Waals surface area contributed by atoms with Crippen LogP contribution in [0.5, 0.6) is 0 Å². The molecule has 0 aromatic carbocycles. The predicted octanol–water partition coefficient (Wildman–Crippen LogP) is 3.16. The number of ether oxygens (including phenoxy) is 1. The van der Waals surface area contributed by atoms with Crippen molar-refractivity contribution < 1.29 is 19.4 Å². The fraction of sp³-hybridized carbons (Fsp3) is 0.368. The molecule has 0 saturated carbocycles. The van der Waals surface area contributed by atoms with Crippen molar-refractivity contribution in [3.63, 3.8) is 0 Å². The van der Waals surface area contributed by atoms with Gasteiger partial charge in [-0.05, 0) is 43.6 Å². The molecule has 4 heteroatoms. The lowest BCUT2D eigenvalue weighted by molar-refractivity contribution is -0.144. The maximum absolute atomic E-state index is 12.1. The molecular formula is C19H22O4. The van der Waals surface area contributed by atoms with E-state index in [9.17, 15) is 14.7 Å². The lowest BCUT2D eigenvalue weighted by Gasteiger charge is -2.27. The molecule has 1 aliphatic carbocycles. The first-order chi connectivity index (χ1) is 10.8. The van der Waals surface area contributed by atoms with E-state index in [1.807, 2.05) is 13.0 Å². The molecule has 2 rings (SSSR count). The Morgan fingerprint density at radius 2 is 2.09 bits per heavy atom. The molecule has 0 bridgehead atoms. The summed E-state index contributed by atoms with van der Waals surface area (Å²) in [5.74, 6) is -0.193. The van der Waals surface area contributed by atoms with Crippen LogP contribution in [0.3, 0.4) is 0 Å². The van der Waals surface area contributed by atoms with Crippen molar-refractivity contribution in [2.75, 3.05) is 0 Å². The van der Waals surface area contributed by atoms with Crippen molar-refractivity contribution in [2.45, 2.75) is 39.7 Å². The summed E-state index contributed by atoms with van der Waals surface area (Å²) in [6.07, 6.45) is 11.2. The molecule has 1 aliphatic heterocycles. The zero-order valence-corrected chi connectivity index (χ0v) is 13.9. The topological polar surface area (TPSA) is 63.6 Å². The third kappa shape index (κ3) is 3.59. The Morgan fingerprint density at radius 3 is 2.74 bits per heavy atom. The Hall–Kier alpha value is -2.20. The van der Waals surface area contributed by atoms with Crippen LogP contribution in [0.1, 0.15) is 34.1 Å². The summed E-state index contributed by atoms with van der Waals surface area (Å²) in [4.78, 5) is 23.9. The van der Waals surface area contributed by atoms with E-state index in [0.717, 1.165) is 12.0 Å². The zero-order chi connectivity index (χ0) is 17.2. The van der Waals surface area contributed by atoms with E-state index in [-0.39, 0.29) is 5.57 Å². The van der Waals surface area contributed by atoms with Gasteiger partial charge in [0, 0.05) is 0 Å². The SMILES string of the molecule is CC[C@H](C)/C=C(C)/C=C/C1=CC2=CC(=O)C(C)(O)C(=O)C2=CO1. The van der Waals surface area contributed by atoms with Gasteiger partial charge in [0.05, 0.1) is 5.57 Å². The van der Waals surface area contributed by atoms with Gasteiger partial charge in [-0.25, -0.2) is 0 Å². The number of ketones is 2. The minimum atomic E-state index is -2.00. The molecule has 1 heterocycles. The smallest absolute Gasteiger partial charge is 0.205 e. The Morgan fingerprint density at radius 1 is 1.39 bits per heavy atom. The van der Waals surface area contributed by atoms with E-state index < -0.39 is 17.2 Å². The van der Waals surface area contributed by atoms with Crippen LogP contribution in [0.15, 0.2) is 59.1 Å². The molecule has 0 aromatic rings. The number of aliphatic hydroxyl groups is 1. The number of hydrogen-bond donors (Lipinski definition) is 1. The van der Waals surface area contributed by atoms with E-state index in [1.54, 1.807) is 12.2 Å². The van der Waals surface area contributed by atoms with E-state index in [2.05, 4.69) is 19.9 Å². The van der Waals surface area contributed by atoms with Gasteiger partial charge in [-0.2, -0.15) is 0 Å². The van der Waals surface area contributed by atoms with Crippen LogP contribution in [0.25, 0.3) is 0 Å². The highest BCUT2D eigenvalue weighted by atomic mass is 16.5. The summed E-state index contributed by atoms with van der Waals surface area (Å²) in [6, 6.07) is 0. The average molecular weight is 314 g/mol. The lowest BCUT2D eigenvalue weighted by Crippen LogP contribution is -2.46. The highest BCUT2D eigenvalue weighted by molar-refractivity contribution is 6.25. The van der Waals surface area contributed by atoms with Crippen molar-refractivity contribution in [1.82, 2.24) is 0 Å². The van der Waals surface area contributed by atoms with Crippen LogP contribution in [0.2, 0.25) is 0 Å². The average Bonchev–Trinajstić information content (AvgIpc) is 2.51. The van der Waals surface area contributed by atoms with Crippen LogP contribution >= 0.6 is 0 Å². The van der Waals surface area contributed by atoms with Crippen LogP contribution in [-0.4, -0.2) is 22.3 Å². The molecule has 0 fully saturated rings. The predicted molar refractivity (Wildman–Crippen MR) is 88.3 cm³/mol. The van der Waals surface area contributed by atoms with Gasteiger partial charge in [-0.15, -0.1) is 0 Å². The molecule has 0 amide bonds. The van der Waals surface area contributed by atoms with Gasteiger partial charge in [-0.3, -0.25) is 9.59 Å². The summed E-state index contributed by atoms with van der Waals surface area (Å²) in [5.41, 5.74) is -0.193. The molecule has 0 saturated heterocycles. The van der Waals surface area contributed by atoms with Gasteiger partial charge >= 0.3 is 0 Å². The maximum Gasteiger partial charge on any atom is 0.205 e. The first-order valence-corrected chi connectivity index (χ1v) is 7.74. The van der Waals surface area contributed by atoms with Crippen LogP contribution in [0, 0.1) is 5.92 Å². The summed E-state index contributed by atoms with van der Waals surface area (Å²) in [6.45, 7) is 7.50. The Labute approximate surface area is 136 Å². The van der Waals surface area contributed by atoms with E-state index >= 15 is 0 Å². The van der Waals surface area contributed by atoms with Crippen molar-refractivity contribution >= 4 is 11.6 Å². The minimum absolute atomic E-state index is 0.221. The summed E-state index contributed by atoms with van der Waals surface area (Å²) in [5, 5.41) is 9.92. The maximum atomic E-state index is 12.1. The van der Waals surface area contributed by atoms with Gasteiger partial charge in [0.1, 0.15) is 12.0 Å². The normalized spacial score (nSPS) is 26.3. The second kappa shape index (κ2) is 6.50. The Bertz CT molecular complexity index is 684. The number of rotatable bonds is 4. The van der Waals surface area contributed by atoms with Crippen molar-refractivity contribution in [1.29, 1.82) is 0 Å². The Balaban J connectivity index is 2.22. The molecule has 2 atom stereocenters. The van der Waals surface area contributed by atoms with Crippen molar-refractivity contribution in [3.8, 4) is 0 Å². The zero-order valence-electron chi connectivity index (χ0n) is 13.9. The molecule has 1 N–H and O–H groups in total.